The molecule has 0 aliphatic rings. The van der Waals surface area contributed by atoms with Gasteiger partial charge >= 0.3 is 11.9 Å². The second-order valence-corrected chi connectivity index (χ2v) is 9.14. The zero-order valence-electron chi connectivity index (χ0n) is 19.2. The predicted molar refractivity (Wildman–Crippen MR) is 116 cm³/mol. The number of hydrogen-bond acceptors (Lipinski definition) is 4. The van der Waals surface area contributed by atoms with Crippen molar-refractivity contribution in [2.45, 2.75) is 124 Å². The lowest BCUT2D eigenvalue weighted by Crippen LogP contribution is -2.08. The second-order valence-electron chi connectivity index (χ2n) is 9.14. The van der Waals surface area contributed by atoms with E-state index in [0.29, 0.717) is 31.5 Å². The molecule has 0 saturated heterocycles. The highest BCUT2D eigenvalue weighted by molar-refractivity contribution is 5.69. The van der Waals surface area contributed by atoms with Crippen molar-refractivity contribution >= 4 is 11.9 Å². The second kappa shape index (κ2) is 18.0. The van der Waals surface area contributed by atoms with E-state index in [0.717, 1.165) is 44.9 Å². The van der Waals surface area contributed by atoms with Gasteiger partial charge < -0.3 is 9.47 Å². The molecule has 0 spiro atoms. The molecule has 0 aromatic heterocycles. The van der Waals surface area contributed by atoms with Crippen molar-refractivity contribution in [1.29, 1.82) is 0 Å². The molecule has 4 heteroatoms. The van der Waals surface area contributed by atoms with Crippen LogP contribution in [0.1, 0.15) is 124 Å². The molecular formula is C24H46O4. The van der Waals surface area contributed by atoms with Crippen molar-refractivity contribution in [1.82, 2.24) is 0 Å². The minimum absolute atomic E-state index is 0.0821. The van der Waals surface area contributed by atoms with Gasteiger partial charge in [0.25, 0.3) is 0 Å². The number of ether oxygens (including phenoxy) is 2. The molecule has 0 amide bonds. The minimum Gasteiger partial charge on any atom is -0.466 e. The monoisotopic (exact) mass is 398 g/mol. The van der Waals surface area contributed by atoms with E-state index in [4.69, 9.17) is 9.47 Å². The van der Waals surface area contributed by atoms with Crippen molar-refractivity contribution in [3.63, 3.8) is 0 Å². The Labute approximate surface area is 174 Å². The van der Waals surface area contributed by atoms with Gasteiger partial charge in [-0.25, -0.2) is 0 Å². The Bertz CT molecular complexity index is 385. The van der Waals surface area contributed by atoms with Crippen LogP contribution in [0.4, 0.5) is 0 Å². The molecule has 0 fully saturated rings. The Hall–Kier alpha value is -1.06. The molecule has 0 aliphatic carbocycles. The number of carbonyl (C=O) groups excluding carboxylic acids is 2. The third-order valence-corrected chi connectivity index (χ3v) is 4.86. The molecule has 166 valence electrons. The van der Waals surface area contributed by atoms with Gasteiger partial charge in [-0.1, -0.05) is 72.6 Å². The molecule has 0 aliphatic heterocycles. The van der Waals surface area contributed by atoms with Gasteiger partial charge in [0, 0.05) is 12.8 Å². The molecule has 0 rings (SSSR count). The summed E-state index contributed by atoms with van der Waals surface area (Å²) in [5.74, 6) is -0.183. The fourth-order valence-electron chi connectivity index (χ4n) is 3.05. The zero-order chi connectivity index (χ0) is 21.1. The first kappa shape index (κ1) is 26.9. The van der Waals surface area contributed by atoms with Crippen molar-refractivity contribution < 1.29 is 19.1 Å². The first-order valence-electron chi connectivity index (χ1n) is 11.7. The van der Waals surface area contributed by atoms with E-state index < -0.39 is 0 Å². The lowest BCUT2D eigenvalue weighted by Gasteiger charge is -2.17. The van der Waals surface area contributed by atoms with Gasteiger partial charge in [-0.2, -0.15) is 0 Å². The van der Waals surface area contributed by atoms with Crippen LogP contribution in [0.25, 0.3) is 0 Å². The largest absolute Gasteiger partial charge is 0.466 e. The smallest absolute Gasteiger partial charge is 0.305 e. The normalized spacial score (nSPS) is 11.4. The number of carbonyl (C=O) groups is 2. The molecule has 28 heavy (non-hydrogen) atoms. The highest BCUT2D eigenvalue weighted by atomic mass is 16.5. The van der Waals surface area contributed by atoms with Crippen LogP contribution in [0.5, 0.6) is 0 Å². The van der Waals surface area contributed by atoms with Crippen LogP contribution in [0.2, 0.25) is 0 Å². The molecule has 0 atom stereocenters. The van der Waals surface area contributed by atoms with Crippen LogP contribution in [0.3, 0.4) is 0 Å². The summed E-state index contributed by atoms with van der Waals surface area (Å²) in [7, 11) is 0. The van der Waals surface area contributed by atoms with Crippen molar-refractivity contribution in [2.24, 2.45) is 5.41 Å². The maximum Gasteiger partial charge on any atom is 0.305 e. The SMILES string of the molecule is CCCCCCCCC(=O)OCCCCCC(=O)OCCCCCC(C)(C)C. The fourth-order valence-corrected chi connectivity index (χ4v) is 3.05. The van der Waals surface area contributed by atoms with Crippen LogP contribution >= 0.6 is 0 Å². The van der Waals surface area contributed by atoms with Crippen molar-refractivity contribution in [2.75, 3.05) is 13.2 Å². The van der Waals surface area contributed by atoms with Crippen LogP contribution in [-0.4, -0.2) is 25.2 Å². The number of esters is 2. The molecule has 0 N–H and O–H groups in total. The molecule has 0 aromatic carbocycles. The number of hydrogen-bond donors (Lipinski definition) is 0. The Morgan fingerprint density at radius 1 is 0.607 bits per heavy atom. The fraction of sp³-hybridized carbons (Fsp3) is 0.917. The van der Waals surface area contributed by atoms with Crippen LogP contribution in [-0.2, 0) is 19.1 Å². The van der Waals surface area contributed by atoms with Gasteiger partial charge in [0.1, 0.15) is 0 Å². The molecule has 4 nitrogen and oxygen atoms in total. The summed E-state index contributed by atoms with van der Waals surface area (Å²) < 4.78 is 10.5. The average Bonchev–Trinajstić information content (AvgIpc) is 2.63. The Morgan fingerprint density at radius 3 is 1.54 bits per heavy atom. The average molecular weight is 399 g/mol. The first-order chi connectivity index (χ1) is 13.3. The third-order valence-electron chi connectivity index (χ3n) is 4.86. The maximum atomic E-state index is 11.7. The molecule has 0 saturated carbocycles. The Kier molecular flexibility index (Phi) is 17.3. The summed E-state index contributed by atoms with van der Waals surface area (Å²) in [6.07, 6.45) is 15.1. The summed E-state index contributed by atoms with van der Waals surface area (Å²) in [5.41, 5.74) is 0.388. The van der Waals surface area contributed by atoms with E-state index in [9.17, 15) is 9.59 Å². The zero-order valence-corrected chi connectivity index (χ0v) is 19.2. The quantitative estimate of drug-likeness (QED) is 0.184. The van der Waals surface area contributed by atoms with Crippen LogP contribution < -0.4 is 0 Å². The first-order valence-corrected chi connectivity index (χ1v) is 11.7. The molecule has 0 heterocycles. The highest BCUT2D eigenvalue weighted by Crippen LogP contribution is 2.21. The lowest BCUT2D eigenvalue weighted by molar-refractivity contribution is -0.145. The van der Waals surface area contributed by atoms with E-state index in [1.165, 1.54) is 38.5 Å². The molecule has 0 bridgehead atoms. The predicted octanol–water partition coefficient (Wildman–Crippen LogP) is 6.99. The minimum atomic E-state index is -0.101. The summed E-state index contributed by atoms with van der Waals surface area (Å²) in [6.45, 7) is 9.98. The molecule has 0 aromatic rings. The summed E-state index contributed by atoms with van der Waals surface area (Å²) in [5, 5.41) is 0. The Morgan fingerprint density at radius 2 is 1.04 bits per heavy atom. The van der Waals surface area contributed by atoms with Crippen molar-refractivity contribution in [3.05, 3.63) is 0 Å². The Balaban J connectivity index is 3.34. The van der Waals surface area contributed by atoms with Gasteiger partial charge in [0.2, 0.25) is 0 Å². The standard InChI is InChI=1S/C24H46O4/c1-5-6-7-8-9-12-17-22(25)27-20-15-10-13-18-23(26)28-21-16-11-14-19-24(2,3)4/h5-21H2,1-4H3. The maximum absolute atomic E-state index is 11.7. The lowest BCUT2D eigenvalue weighted by atomic mass is 9.89. The van der Waals surface area contributed by atoms with E-state index in [-0.39, 0.29) is 11.9 Å². The summed E-state index contributed by atoms with van der Waals surface area (Å²) in [6, 6.07) is 0. The summed E-state index contributed by atoms with van der Waals surface area (Å²) >= 11 is 0. The third kappa shape index (κ3) is 21.2. The van der Waals surface area contributed by atoms with Crippen LogP contribution in [0.15, 0.2) is 0 Å². The molecule has 0 radical (unpaired) electrons. The van der Waals surface area contributed by atoms with Gasteiger partial charge in [-0.3, -0.25) is 9.59 Å². The van der Waals surface area contributed by atoms with Gasteiger partial charge in [0.05, 0.1) is 13.2 Å². The topological polar surface area (TPSA) is 52.6 Å². The number of unbranched alkanes of at least 4 members (excludes halogenated alkanes) is 9. The highest BCUT2D eigenvalue weighted by Gasteiger charge is 2.09. The molecular weight excluding hydrogens is 352 g/mol. The van der Waals surface area contributed by atoms with E-state index in [2.05, 4.69) is 27.7 Å². The van der Waals surface area contributed by atoms with E-state index >= 15 is 0 Å². The van der Waals surface area contributed by atoms with Crippen LogP contribution in [0, 0.1) is 5.41 Å². The van der Waals surface area contributed by atoms with Crippen molar-refractivity contribution in [3.8, 4) is 0 Å². The molecule has 0 unspecified atom stereocenters. The van der Waals surface area contributed by atoms with E-state index in [1.54, 1.807) is 0 Å². The van der Waals surface area contributed by atoms with Gasteiger partial charge in [0.15, 0.2) is 0 Å². The number of rotatable bonds is 18. The van der Waals surface area contributed by atoms with E-state index in [1.807, 2.05) is 0 Å². The summed E-state index contributed by atoms with van der Waals surface area (Å²) in [4.78, 5) is 23.3. The van der Waals surface area contributed by atoms with Gasteiger partial charge in [-0.15, -0.1) is 0 Å². The van der Waals surface area contributed by atoms with Gasteiger partial charge in [-0.05, 0) is 43.9 Å².